The Morgan fingerprint density at radius 2 is 1.75 bits per heavy atom. The van der Waals surface area contributed by atoms with Crippen LogP contribution >= 0.6 is 0 Å². The first kappa shape index (κ1) is 21.1. The number of nitrogens with zero attached hydrogens (tertiary/aromatic N) is 2. The van der Waals surface area contributed by atoms with Gasteiger partial charge in [0.1, 0.15) is 0 Å². The summed E-state index contributed by atoms with van der Waals surface area (Å²) >= 11 is 0. The van der Waals surface area contributed by atoms with E-state index in [1.165, 1.54) is 5.69 Å². The van der Waals surface area contributed by atoms with Gasteiger partial charge in [-0.05, 0) is 31.9 Å². The molecule has 1 heterocycles. The van der Waals surface area contributed by atoms with Crippen LogP contribution in [0.3, 0.4) is 0 Å². The first-order valence-corrected chi connectivity index (χ1v) is 12.2. The molecule has 0 spiro atoms. The minimum atomic E-state index is -3.12. The number of hydrogen-bond acceptors (Lipinski definition) is 5. The summed E-state index contributed by atoms with van der Waals surface area (Å²) in [5.74, 6) is -0.176. The molecule has 2 fully saturated rings. The SMILES string of the molecule is CC(CNC(=O)CCS(=O)(=O)C1CCCC1)N1CCN(c2ccccc2)CC1. The van der Waals surface area contributed by atoms with Crippen LogP contribution in [0.4, 0.5) is 5.69 Å². The molecular formula is C21H33N3O3S. The number of nitrogens with one attached hydrogen (secondary N) is 1. The van der Waals surface area contributed by atoms with Crippen LogP contribution in [0.15, 0.2) is 30.3 Å². The third-order valence-corrected chi connectivity index (χ3v) is 8.34. The number of benzene rings is 1. The van der Waals surface area contributed by atoms with Crippen LogP contribution in [0.5, 0.6) is 0 Å². The summed E-state index contributed by atoms with van der Waals surface area (Å²) in [6.07, 6.45) is 3.58. The molecule has 1 amide bonds. The molecule has 7 heteroatoms. The van der Waals surface area contributed by atoms with Crippen molar-refractivity contribution in [1.29, 1.82) is 0 Å². The number of hydrogen-bond donors (Lipinski definition) is 1. The molecule has 0 bridgehead atoms. The molecule has 2 aliphatic rings. The van der Waals surface area contributed by atoms with E-state index in [4.69, 9.17) is 0 Å². The number of carbonyl (C=O) groups excluding carboxylic acids is 1. The third-order valence-electron chi connectivity index (χ3n) is 6.08. The van der Waals surface area contributed by atoms with Gasteiger partial charge in [-0.15, -0.1) is 0 Å². The van der Waals surface area contributed by atoms with E-state index >= 15 is 0 Å². The number of piperazine rings is 1. The minimum Gasteiger partial charge on any atom is -0.369 e. The van der Waals surface area contributed by atoms with Crippen LogP contribution < -0.4 is 10.2 Å². The van der Waals surface area contributed by atoms with E-state index in [1.807, 2.05) is 6.07 Å². The lowest BCUT2D eigenvalue weighted by molar-refractivity contribution is -0.120. The van der Waals surface area contributed by atoms with Crippen LogP contribution in [0.25, 0.3) is 0 Å². The highest BCUT2D eigenvalue weighted by molar-refractivity contribution is 7.92. The van der Waals surface area contributed by atoms with Gasteiger partial charge >= 0.3 is 0 Å². The Hall–Kier alpha value is -1.60. The van der Waals surface area contributed by atoms with Gasteiger partial charge in [-0.2, -0.15) is 0 Å². The molecule has 0 radical (unpaired) electrons. The van der Waals surface area contributed by atoms with Crippen molar-refractivity contribution < 1.29 is 13.2 Å². The van der Waals surface area contributed by atoms with Gasteiger partial charge in [-0.25, -0.2) is 8.42 Å². The molecule has 1 aliphatic carbocycles. The molecule has 1 aliphatic heterocycles. The first-order chi connectivity index (χ1) is 13.5. The van der Waals surface area contributed by atoms with E-state index in [9.17, 15) is 13.2 Å². The standard InChI is InChI=1S/C21H33N3O3S/c1-18(23-12-14-24(15-13-23)19-7-3-2-4-8-19)17-22-21(25)11-16-28(26,27)20-9-5-6-10-20/h2-4,7-8,18,20H,5-6,9-17H2,1H3,(H,22,25). The number of amides is 1. The van der Waals surface area contributed by atoms with E-state index in [1.54, 1.807) is 0 Å². The van der Waals surface area contributed by atoms with Gasteiger partial charge in [0.25, 0.3) is 0 Å². The smallest absolute Gasteiger partial charge is 0.221 e. The van der Waals surface area contributed by atoms with Crippen molar-refractivity contribution >= 4 is 21.4 Å². The Labute approximate surface area is 169 Å². The topological polar surface area (TPSA) is 69.7 Å². The zero-order chi connectivity index (χ0) is 20.0. The van der Waals surface area contributed by atoms with Crippen molar-refractivity contribution in [3.8, 4) is 0 Å². The van der Waals surface area contributed by atoms with Crippen LogP contribution in [0.2, 0.25) is 0 Å². The predicted octanol–water partition coefficient (Wildman–Crippen LogP) is 2.06. The predicted molar refractivity (Wildman–Crippen MR) is 113 cm³/mol. The fourth-order valence-electron chi connectivity index (χ4n) is 4.19. The highest BCUT2D eigenvalue weighted by atomic mass is 32.2. The first-order valence-electron chi connectivity index (χ1n) is 10.5. The zero-order valence-electron chi connectivity index (χ0n) is 16.8. The summed E-state index contributed by atoms with van der Waals surface area (Å²) in [6, 6.07) is 10.7. The Morgan fingerprint density at radius 3 is 2.39 bits per heavy atom. The quantitative estimate of drug-likeness (QED) is 0.714. The lowest BCUT2D eigenvalue weighted by atomic mass is 10.2. The molecule has 1 N–H and O–H groups in total. The maximum atomic E-state index is 12.3. The summed E-state index contributed by atoms with van der Waals surface area (Å²) in [7, 11) is -3.12. The maximum absolute atomic E-state index is 12.3. The molecule has 1 saturated carbocycles. The Morgan fingerprint density at radius 1 is 1.11 bits per heavy atom. The highest BCUT2D eigenvalue weighted by Crippen LogP contribution is 2.25. The van der Waals surface area contributed by atoms with E-state index in [0.717, 1.165) is 51.9 Å². The number of para-hydroxylation sites is 1. The molecule has 1 aromatic carbocycles. The van der Waals surface area contributed by atoms with Crippen LogP contribution in [-0.2, 0) is 14.6 Å². The lowest BCUT2D eigenvalue weighted by Crippen LogP contribution is -2.52. The molecular weight excluding hydrogens is 374 g/mol. The lowest BCUT2D eigenvalue weighted by Gasteiger charge is -2.39. The van der Waals surface area contributed by atoms with Gasteiger partial charge in [-0.1, -0.05) is 31.0 Å². The number of anilines is 1. The van der Waals surface area contributed by atoms with E-state index in [-0.39, 0.29) is 29.4 Å². The summed E-state index contributed by atoms with van der Waals surface area (Å²) in [4.78, 5) is 16.9. The Bertz CT molecular complexity index is 725. The fraction of sp³-hybridized carbons (Fsp3) is 0.667. The van der Waals surface area contributed by atoms with Crippen molar-refractivity contribution in [3.05, 3.63) is 30.3 Å². The summed E-state index contributed by atoms with van der Waals surface area (Å²) in [6.45, 7) is 6.55. The third kappa shape index (κ3) is 5.70. The van der Waals surface area contributed by atoms with E-state index in [0.29, 0.717) is 6.54 Å². The van der Waals surface area contributed by atoms with E-state index in [2.05, 4.69) is 46.3 Å². The monoisotopic (exact) mass is 407 g/mol. The summed E-state index contributed by atoms with van der Waals surface area (Å²) < 4.78 is 24.6. The Kier molecular flexibility index (Phi) is 7.35. The largest absolute Gasteiger partial charge is 0.369 e. The highest BCUT2D eigenvalue weighted by Gasteiger charge is 2.29. The molecule has 1 aromatic rings. The van der Waals surface area contributed by atoms with Gasteiger partial charge in [-0.3, -0.25) is 9.69 Å². The van der Waals surface area contributed by atoms with Crippen LogP contribution in [0.1, 0.15) is 39.0 Å². The van der Waals surface area contributed by atoms with Crippen LogP contribution in [-0.4, -0.2) is 69.0 Å². The average Bonchev–Trinajstić information content (AvgIpc) is 3.27. The van der Waals surface area contributed by atoms with Crippen molar-refractivity contribution in [2.45, 2.75) is 50.3 Å². The minimum absolute atomic E-state index is 0.0202. The second kappa shape index (κ2) is 9.74. The van der Waals surface area contributed by atoms with Gasteiger partial charge in [0.15, 0.2) is 9.84 Å². The molecule has 1 saturated heterocycles. The van der Waals surface area contributed by atoms with Gasteiger partial charge < -0.3 is 10.2 Å². The molecule has 1 unspecified atom stereocenters. The summed E-state index contributed by atoms with van der Waals surface area (Å²) in [5.41, 5.74) is 1.26. The number of sulfone groups is 1. The summed E-state index contributed by atoms with van der Waals surface area (Å²) in [5, 5.41) is 2.71. The normalized spacial score (nSPS) is 20.2. The molecule has 1 atom stereocenters. The molecule has 0 aromatic heterocycles. The van der Waals surface area contributed by atoms with Crippen molar-refractivity contribution in [1.82, 2.24) is 10.2 Å². The van der Waals surface area contributed by atoms with Crippen molar-refractivity contribution in [3.63, 3.8) is 0 Å². The fourth-order valence-corrected chi connectivity index (χ4v) is 6.04. The molecule has 28 heavy (non-hydrogen) atoms. The van der Waals surface area contributed by atoms with Gasteiger partial charge in [0, 0.05) is 50.9 Å². The second-order valence-corrected chi connectivity index (χ2v) is 10.4. The average molecular weight is 408 g/mol. The van der Waals surface area contributed by atoms with E-state index < -0.39 is 9.84 Å². The number of carbonyl (C=O) groups is 1. The zero-order valence-corrected chi connectivity index (χ0v) is 17.7. The van der Waals surface area contributed by atoms with Gasteiger partial charge in [0.05, 0.1) is 11.0 Å². The maximum Gasteiger partial charge on any atom is 0.221 e. The molecule has 3 rings (SSSR count). The van der Waals surface area contributed by atoms with Crippen molar-refractivity contribution in [2.24, 2.45) is 0 Å². The van der Waals surface area contributed by atoms with Crippen molar-refractivity contribution in [2.75, 3.05) is 43.4 Å². The molecule has 156 valence electrons. The molecule has 6 nitrogen and oxygen atoms in total. The number of rotatable bonds is 8. The Balaban J connectivity index is 1.36. The van der Waals surface area contributed by atoms with Gasteiger partial charge in [0.2, 0.25) is 5.91 Å². The second-order valence-electron chi connectivity index (χ2n) is 8.04. The van der Waals surface area contributed by atoms with Crippen LogP contribution in [0, 0.1) is 0 Å².